The van der Waals surface area contributed by atoms with Gasteiger partial charge in [0.05, 0.1) is 5.04 Å². The maximum atomic E-state index is 4.55. The van der Waals surface area contributed by atoms with Gasteiger partial charge in [0.15, 0.2) is 0 Å². The van der Waals surface area contributed by atoms with Crippen LogP contribution in [0.15, 0.2) is 4.99 Å². The Morgan fingerprint density at radius 2 is 2.55 bits per heavy atom. The average Bonchev–Trinajstić information content (AvgIpc) is 2.58. The van der Waals surface area contributed by atoms with Gasteiger partial charge in [0.25, 0.3) is 0 Å². The van der Waals surface area contributed by atoms with Crippen LogP contribution in [-0.2, 0) is 0 Å². The number of rotatable bonds is 1. The number of nitrogens with one attached hydrogen (secondary N) is 1. The second kappa shape index (κ2) is 3.59. The van der Waals surface area contributed by atoms with Crippen LogP contribution in [-0.4, -0.2) is 30.4 Å². The van der Waals surface area contributed by atoms with Crippen molar-refractivity contribution >= 4 is 16.8 Å². The second-order valence-corrected chi connectivity index (χ2v) is 4.23. The summed E-state index contributed by atoms with van der Waals surface area (Å²) in [5.74, 6) is 2.04. The molecule has 0 aliphatic carbocycles. The van der Waals surface area contributed by atoms with Gasteiger partial charge in [0.1, 0.15) is 0 Å². The molecule has 0 aromatic heterocycles. The second-order valence-electron chi connectivity index (χ2n) is 3.11. The molecule has 1 fully saturated rings. The van der Waals surface area contributed by atoms with Crippen molar-refractivity contribution in [3.63, 3.8) is 0 Å². The third kappa shape index (κ3) is 1.76. The highest BCUT2D eigenvalue weighted by atomic mass is 32.2. The predicted molar refractivity (Wildman–Crippen MR) is 50.4 cm³/mol. The van der Waals surface area contributed by atoms with Gasteiger partial charge in [-0.1, -0.05) is 0 Å². The number of nitrogens with zero attached hydrogens (tertiary/aromatic N) is 1. The van der Waals surface area contributed by atoms with Crippen LogP contribution >= 0.6 is 11.8 Å². The van der Waals surface area contributed by atoms with Crippen LogP contribution in [0.1, 0.15) is 12.8 Å². The Hall–Kier alpha value is -0.0200. The molecule has 1 saturated heterocycles. The Morgan fingerprint density at radius 3 is 3.18 bits per heavy atom. The maximum absolute atomic E-state index is 4.55. The molecule has 0 bridgehead atoms. The highest BCUT2D eigenvalue weighted by Gasteiger charge is 2.21. The molecule has 2 aliphatic rings. The van der Waals surface area contributed by atoms with Crippen molar-refractivity contribution in [1.82, 2.24) is 5.32 Å². The molecule has 2 rings (SSSR count). The molecule has 2 aliphatic heterocycles. The van der Waals surface area contributed by atoms with E-state index in [0.29, 0.717) is 0 Å². The van der Waals surface area contributed by atoms with E-state index in [9.17, 15) is 0 Å². The van der Waals surface area contributed by atoms with E-state index in [-0.39, 0.29) is 0 Å². The summed E-state index contributed by atoms with van der Waals surface area (Å²) < 4.78 is 0. The van der Waals surface area contributed by atoms with Crippen molar-refractivity contribution in [2.75, 3.05) is 25.4 Å². The van der Waals surface area contributed by atoms with Crippen LogP contribution < -0.4 is 5.32 Å². The lowest BCUT2D eigenvalue weighted by atomic mass is 10.1. The fourth-order valence-electron chi connectivity index (χ4n) is 1.59. The van der Waals surface area contributed by atoms with Crippen molar-refractivity contribution in [3.05, 3.63) is 0 Å². The first-order chi connectivity index (χ1) is 5.47. The van der Waals surface area contributed by atoms with Crippen LogP contribution in [0.2, 0.25) is 0 Å². The summed E-state index contributed by atoms with van der Waals surface area (Å²) in [6, 6.07) is 0. The van der Waals surface area contributed by atoms with Gasteiger partial charge in [-0.3, -0.25) is 4.99 Å². The summed E-state index contributed by atoms with van der Waals surface area (Å²) in [6.07, 6.45) is 2.57. The third-order valence-corrected chi connectivity index (χ3v) is 3.48. The Kier molecular flexibility index (Phi) is 2.48. The van der Waals surface area contributed by atoms with Gasteiger partial charge in [-0.2, -0.15) is 0 Å². The van der Waals surface area contributed by atoms with E-state index in [1.165, 1.54) is 30.2 Å². The summed E-state index contributed by atoms with van der Waals surface area (Å²) in [4.78, 5) is 4.55. The van der Waals surface area contributed by atoms with E-state index >= 15 is 0 Å². The molecule has 0 aromatic rings. The Balaban J connectivity index is 1.96. The van der Waals surface area contributed by atoms with Crippen molar-refractivity contribution in [2.24, 2.45) is 10.9 Å². The first kappa shape index (κ1) is 7.62. The third-order valence-electron chi connectivity index (χ3n) is 2.23. The summed E-state index contributed by atoms with van der Waals surface area (Å²) in [7, 11) is 0. The predicted octanol–water partition coefficient (Wildman–Crippen LogP) is 1.13. The van der Waals surface area contributed by atoms with Crippen LogP contribution in [0.5, 0.6) is 0 Å². The molecule has 0 aromatic carbocycles. The fourth-order valence-corrected chi connectivity index (χ4v) is 2.69. The molecule has 0 saturated carbocycles. The van der Waals surface area contributed by atoms with Crippen LogP contribution in [0.3, 0.4) is 0 Å². The van der Waals surface area contributed by atoms with E-state index < -0.39 is 0 Å². The standard InChI is InChI=1S/C8H14N2S/c1-3-10-8(11-5-1)7-2-4-9-6-7/h7,9H,1-6H2. The molecule has 0 radical (unpaired) electrons. The quantitative estimate of drug-likeness (QED) is 0.638. The van der Waals surface area contributed by atoms with Crippen LogP contribution in [0, 0.1) is 5.92 Å². The van der Waals surface area contributed by atoms with Gasteiger partial charge >= 0.3 is 0 Å². The topological polar surface area (TPSA) is 24.4 Å². The minimum absolute atomic E-state index is 0.750. The highest BCUT2D eigenvalue weighted by Crippen LogP contribution is 2.22. The van der Waals surface area contributed by atoms with Gasteiger partial charge in [-0.05, 0) is 19.4 Å². The smallest absolute Gasteiger partial charge is 0.0720 e. The minimum Gasteiger partial charge on any atom is -0.316 e. The zero-order chi connectivity index (χ0) is 7.52. The first-order valence-corrected chi connectivity index (χ1v) is 5.33. The van der Waals surface area contributed by atoms with Gasteiger partial charge < -0.3 is 5.32 Å². The molecular formula is C8H14N2S. The minimum atomic E-state index is 0.750. The number of hydrogen-bond donors (Lipinski definition) is 1. The van der Waals surface area contributed by atoms with E-state index in [1.54, 1.807) is 0 Å². The van der Waals surface area contributed by atoms with Gasteiger partial charge in [-0.15, -0.1) is 11.8 Å². The van der Waals surface area contributed by atoms with E-state index in [2.05, 4.69) is 10.3 Å². The molecular weight excluding hydrogens is 156 g/mol. The molecule has 11 heavy (non-hydrogen) atoms. The highest BCUT2D eigenvalue weighted by molar-refractivity contribution is 8.14. The lowest BCUT2D eigenvalue weighted by Gasteiger charge is -2.15. The number of hydrogen-bond acceptors (Lipinski definition) is 3. The zero-order valence-corrected chi connectivity index (χ0v) is 7.49. The fraction of sp³-hybridized carbons (Fsp3) is 0.875. The molecule has 0 amide bonds. The molecule has 2 nitrogen and oxygen atoms in total. The lowest BCUT2D eigenvalue weighted by Crippen LogP contribution is -2.18. The van der Waals surface area contributed by atoms with E-state index in [0.717, 1.165) is 19.0 Å². The average molecular weight is 170 g/mol. The van der Waals surface area contributed by atoms with Crippen molar-refractivity contribution < 1.29 is 0 Å². The number of aliphatic imine (C=N–C) groups is 1. The Labute approximate surface area is 71.9 Å². The van der Waals surface area contributed by atoms with Gasteiger partial charge in [0.2, 0.25) is 0 Å². The van der Waals surface area contributed by atoms with E-state index in [1.807, 2.05) is 11.8 Å². The van der Waals surface area contributed by atoms with Gasteiger partial charge in [0, 0.05) is 24.8 Å². The molecule has 2 heterocycles. The normalized spacial score (nSPS) is 32.0. The van der Waals surface area contributed by atoms with Crippen molar-refractivity contribution in [3.8, 4) is 0 Å². The summed E-state index contributed by atoms with van der Waals surface area (Å²) in [5, 5.41) is 4.79. The molecule has 62 valence electrons. The molecule has 1 unspecified atom stereocenters. The van der Waals surface area contributed by atoms with Crippen LogP contribution in [0.25, 0.3) is 0 Å². The zero-order valence-electron chi connectivity index (χ0n) is 6.68. The first-order valence-electron chi connectivity index (χ1n) is 4.34. The van der Waals surface area contributed by atoms with Crippen molar-refractivity contribution in [1.29, 1.82) is 0 Å². The summed E-state index contributed by atoms with van der Waals surface area (Å²) >= 11 is 1.97. The number of thioether (sulfide) groups is 1. The van der Waals surface area contributed by atoms with E-state index in [4.69, 9.17) is 0 Å². The lowest BCUT2D eigenvalue weighted by molar-refractivity contribution is 0.770. The van der Waals surface area contributed by atoms with Gasteiger partial charge in [-0.25, -0.2) is 0 Å². The molecule has 1 atom stereocenters. The Morgan fingerprint density at radius 1 is 1.55 bits per heavy atom. The SMILES string of the molecule is C1CN=C(C2CCNC2)SC1. The summed E-state index contributed by atoms with van der Waals surface area (Å²) in [6.45, 7) is 3.41. The summed E-state index contributed by atoms with van der Waals surface area (Å²) in [5.41, 5.74) is 0. The van der Waals surface area contributed by atoms with Crippen LogP contribution in [0.4, 0.5) is 0 Å². The molecule has 0 spiro atoms. The molecule has 1 N–H and O–H groups in total. The monoisotopic (exact) mass is 170 g/mol. The Bertz CT molecular complexity index is 161. The van der Waals surface area contributed by atoms with Crippen molar-refractivity contribution in [2.45, 2.75) is 12.8 Å². The molecule has 3 heteroatoms. The largest absolute Gasteiger partial charge is 0.316 e. The maximum Gasteiger partial charge on any atom is 0.0720 e.